The van der Waals surface area contributed by atoms with E-state index in [2.05, 4.69) is 0 Å². The Morgan fingerprint density at radius 1 is 0.938 bits per heavy atom. The fourth-order valence-corrected chi connectivity index (χ4v) is 3.53. The van der Waals surface area contributed by atoms with Gasteiger partial charge < -0.3 is 4.74 Å². The minimum Gasteiger partial charge on any atom is -0.430 e. The number of halogens is 3. The van der Waals surface area contributed by atoms with Crippen LogP contribution in [0, 0.1) is 10.1 Å². The van der Waals surface area contributed by atoms with Crippen LogP contribution in [0.5, 0.6) is 0 Å². The first kappa shape index (κ1) is 21.0. The molecule has 1 amide bonds. The molecule has 1 atom stereocenters. The van der Waals surface area contributed by atoms with E-state index in [-0.39, 0.29) is 22.6 Å². The second-order valence-electron chi connectivity index (χ2n) is 6.87. The number of non-ortho nitro benzene ring substituents is 1. The molecule has 0 spiro atoms. The van der Waals surface area contributed by atoms with Crippen LogP contribution in [0.2, 0.25) is 0 Å². The summed E-state index contributed by atoms with van der Waals surface area (Å²) in [6.45, 7) is 0. The maximum absolute atomic E-state index is 14.5. The first-order valence-corrected chi connectivity index (χ1v) is 9.20. The Kier molecular flexibility index (Phi) is 4.92. The van der Waals surface area contributed by atoms with Gasteiger partial charge in [-0.2, -0.15) is 13.2 Å². The number of anilines is 2. The van der Waals surface area contributed by atoms with Gasteiger partial charge in [0.25, 0.3) is 11.6 Å². The number of hydrogen-bond donors (Lipinski definition) is 0. The number of nitro benzene ring substituents is 1. The molecule has 0 radical (unpaired) electrons. The van der Waals surface area contributed by atoms with Crippen LogP contribution in [0.25, 0.3) is 0 Å². The van der Waals surface area contributed by atoms with Crippen LogP contribution in [-0.2, 0) is 15.1 Å². The summed E-state index contributed by atoms with van der Waals surface area (Å²) < 4.78 is 48.3. The maximum atomic E-state index is 14.5. The summed E-state index contributed by atoms with van der Waals surface area (Å²) in [7, 11) is 0. The lowest BCUT2D eigenvalue weighted by Gasteiger charge is -2.30. The van der Waals surface area contributed by atoms with Crippen molar-refractivity contribution in [1.82, 2.24) is 0 Å². The Hall–Kier alpha value is -4.21. The number of ether oxygens (including phenoxy) is 1. The summed E-state index contributed by atoms with van der Waals surface area (Å²) >= 11 is 0. The van der Waals surface area contributed by atoms with E-state index in [1.165, 1.54) is 30.3 Å². The van der Waals surface area contributed by atoms with Gasteiger partial charge in [0, 0.05) is 23.4 Å². The van der Waals surface area contributed by atoms with Crippen molar-refractivity contribution in [3.8, 4) is 0 Å². The highest BCUT2D eigenvalue weighted by atomic mass is 19.4. The molecular formula is C22H13F3N2O5. The summed E-state index contributed by atoms with van der Waals surface area (Å²) in [6, 6.07) is 16.7. The number of benzene rings is 3. The number of esters is 1. The molecule has 0 bridgehead atoms. The Morgan fingerprint density at radius 2 is 1.53 bits per heavy atom. The number of fused-ring (bicyclic) bond motifs is 1. The molecule has 0 unspecified atom stereocenters. The Balaban J connectivity index is 1.83. The van der Waals surface area contributed by atoms with Crippen molar-refractivity contribution in [3.05, 3.63) is 100 Å². The third kappa shape index (κ3) is 3.16. The number of amides is 1. The molecule has 3 aromatic carbocycles. The quantitative estimate of drug-likeness (QED) is 0.326. The first-order valence-electron chi connectivity index (χ1n) is 9.20. The molecule has 32 heavy (non-hydrogen) atoms. The van der Waals surface area contributed by atoms with Crippen molar-refractivity contribution in [2.45, 2.75) is 11.8 Å². The number of para-hydroxylation sites is 2. The number of rotatable bonds is 4. The van der Waals surface area contributed by atoms with Gasteiger partial charge >= 0.3 is 17.7 Å². The predicted octanol–water partition coefficient (Wildman–Crippen LogP) is 4.89. The lowest BCUT2D eigenvalue weighted by Crippen LogP contribution is -2.53. The van der Waals surface area contributed by atoms with Gasteiger partial charge in [-0.1, -0.05) is 36.4 Å². The van der Waals surface area contributed by atoms with Crippen LogP contribution in [0.4, 0.5) is 30.2 Å². The highest BCUT2D eigenvalue weighted by Gasteiger charge is 2.71. The van der Waals surface area contributed by atoms with Crippen LogP contribution in [0.3, 0.4) is 0 Å². The molecule has 7 nitrogen and oxygen atoms in total. The van der Waals surface area contributed by atoms with Crippen molar-refractivity contribution in [2.75, 3.05) is 4.90 Å². The number of alkyl halides is 3. The summed E-state index contributed by atoms with van der Waals surface area (Å²) in [5.74, 6) is -2.94. The molecule has 1 aliphatic heterocycles. The lowest BCUT2D eigenvalue weighted by atomic mass is 9.94. The van der Waals surface area contributed by atoms with Gasteiger partial charge in [0.15, 0.2) is 0 Å². The molecule has 162 valence electrons. The number of nitro groups is 1. The van der Waals surface area contributed by atoms with Crippen molar-refractivity contribution in [3.63, 3.8) is 0 Å². The number of hydrogen-bond acceptors (Lipinski definition) is 5. The Morgan fingerprint density at radius 3 is 2.12 bits per heavy atom. The van der Waals surface area contributed by atoms with Gasteiger partial charge in [0.05, 0.1) is 16.2 Å². The van der Waals surface area contributed by atoms with Gasteiger partial charge in [0.1, 0.15) is 0 Å². The van der Waals surface area contributed by atoms with Gasteiger partial charge in [-0.05, 0) is 30.3 Å². The first-order chi connectivity index (χ1) is 15.2. The maximum Gasteiger partial charge on any atom is 0.442 e. The monoisotopic (exact) mass is 442 g/mol. The van der Waals surface area contributed by atoms with Crippen molar-refractivity contribution >= 4 is 28.9 Å². The van der Waals surface area contributed by atoms with E-state index in [9.17, 15) is 32.9 Å². The Labute approximate surface area is 178 Å². The summed E-state index contributed by atoms with van der Waals surface area (Å²) in [4.78, 5) is 36.9. The minimum atomic E-state index is -5.29. The third-order valence-electron chi connectivity index (χ3n) is 5.00. The molecule has 10 heteroatoms. The number of carbonyl (C=O) groups excluding carboxylic acids is 2. The standard InChI is InChI=1S/C22H13F3N2O5/c23-22(24,25)21(32-19(28)14-10-12-16(13-11-14)27(30)31)17-8-4-5-9-18(17)26(20(21)29)15-6-2-1-3-7-15/h1-13H/t21-/m1/s1. The third-order valence-corrected chi connectivity index (χ3v) is 5.00. The van der Waals surface area contributed by atoms with E-state index in [1.54, 1.807) is 18.2 Å². The zero-order valence-electron chi connectivity index (χ0n) is 16.1. The van der Waals surface area contributed by atoms with Crippen LogP contribution < -0.4 is 4.90 Å². The lowest BCUT2D eigenvalue weighted by molar-refractivity contribution is -0.384. The highest BCUT2D eigenvalue weighted by Crippen LogP contribution is 2.54. The van der Waals surface area contributed by atoms with E-state index in [0.29, 0.717) is 0 Å². The molecular weight excluding hydrogens is 429 g/mol. The molecule has 1 heterocycles. The van der Waals surface area contributed by atoms with Gasteiger partial charge in [-0.3, -0.25) is 19.8 Å². The zero-order chi connectivity index (χ0) is 23.1. The summed E-state index contributed by atoms with van der Waals surface area (Å²) in [5, 5.41) is 10.8. The predicted molar refractivity (Wildman–Crippen MR) is 106 cm³/mol. The minimum absolute atomic E-state index is 0.0717. The van der Waals surface area contributed by atoms with Crippen molar-refractivity contribution < 1.29 is 32.4 Å². The largest absolute Gasteiger partial charge is 0.442 e. The summed E-state index contributed by atoms with van der Waals surface area (Å²) in [5.41, 5.74) is -4.75. The van der Waals surface area contributed by atoms with Gasteiger partial charge in [0.2, 0.25) is 0 Å². The van der Waals surface area contributed by atoms with Gasteiger partial charge in [-0.25, -0.2) is 4.79 Å². The molecule has 0 saturated carbocycles. The van der Waals surface area contributed by atoms with Crippen LogP contribution in [0.15, 0.2) is 78.9 Å². The smallest absolute Gasteiger partial charge is 0.430 e. The van der Waals surface area contributed by atoms with E-state index in [4.69, 9.17) is 4.74 Å². The molecule has 0 fully saturated rings. The summed E-state index contributed by atoms with van der Waals surface area (Å²) in [6.07, 6.45) is -5.29. The van der Waals surface area contributed by atoms with E-state index in [1.807, 2.05) is 0 Å². The fraction of sp³-hybridized carbons (Fsp3) is 0.0909. The van der Waals surface area contributed by atoms with Crippen LogP contribution >= 0.6 is 0 Å². The van der Waals surface area contributed by atoms with E-state index < -0.39 is 34.1 Å². The van der Waals surface area contributed by atoms with Crippen LogP contribution in [-0.4, -0.2) is 23.0 Å². The SMILES string of the molecule is O=C(O[C@@]1(C(F)(F)F)C(=O)N(c2ccccc2)c2ccccc21)c1ccc([N+](=O)[O-])cc1. The normalized spacial score (nSPS) is 17.7. The second kappa shape index (κ2) is 7.49. The Bertz CT molecular complexity index is 1210. The zero-order valence-corrected chi connectivity index (χ0v) is 16.1. The molecule has 3 aromatic rings. The molecule has 0 N–H and O–H groups in total. The topological polar surface area (TPSA) is 89.8 Å². The van der Waals surface area contributed by atoms with Crippen molar-refractivity contribution in [2.24, 2.45) is 0 Å². The molecule has 0 aliphatic carbocycles. The number of carbonyl (C=O) groups is 2. The number of nitrogens with zero attached hydrogens (tertiary/aromatic N) is 2. The molecule has 0 aromatic heterocycles. The fourth-order valence-electron chi connectivity index (χ4n) is 3.53. The second-order valence-corrected chi connectivity index (χ2v) is 6.87. The van der Waals surface area contributed by atoms with Gasteiger partial charge in [-0.15, -0.1) is 0 Å². The molecule has 4 rings (SSSR count). The van der Waals surface area contributed by atoms with E-state index >= 15 is 0 Å². The van der Waals surface area contributed by atoms with Crippen molar-refractivity contribution in [1.29, 1.82) is 0 Å². The molecule has 0 saturated heterocycles. The molecule has 1 aliphatic rings. The average molecular weight is 442 g/mol. The average Bonchev–Trinajstić information content (AvgIpc) is 3.03. The highest BCUT2D eigenvalue weighted by molar-refractivity contribution is 6.13. The van der Waals surface area contributed by atoms with Crippen LogP contribution in [0.1, 0.15) is 15.9 Å². The van der Waals surface area contributed by atoms with E-state index in [0.717, 1.165) is 35.2 Å².